The van der Waals surface area contributed by atoms with Crippen molar-refractivity contribution in [3.63, 3.8) is 0 Å². The lowest BCUT2D eigenvalue weighted by molar-refractivity contribution is 0.0960. The fourth-order valence-corrected chi connectivity index (χ4v) is 2.72. The molecule has 1 aromatic heterocycles. The van der Waals surface area contributed by atoms with Crippen LogP contribution in [-0.2, 0) is 0 Å². The molecule has 2 rings (SSSR count). The van der Waals surface area contributed by atoms with E-state index in [1.807, 2.05) is 6.92 Å². The topological polar surface area (TPSA) is 71.2 Å². The molecule has 0 bridgehead atoms. The number of rotatable bonds is 3. The second-order valence-corrected chi connectivity index (χ2v) is 4.74. The van der Waals surface area contributed by atoms with E-state index < -0.39 is 0 Å². The maximum Gasteiger partial charge on any atom is 0.265 e. The first-order valence-electron chi connectivity index (χ1n) is 5.51. The van der Waals surface area contributed by atoms with E-state index in [1.54, 1.807) is 0 Å². The molecule has 2 heterocycles. The Hall–Kier alpha value is -1.30. The van der Waals surface area contributed by atoms with Crippen molar-refractivity contribution in [2.24, 2.45) is 0 Å². The molecule has 1 aromatic rings. The largest absolute Gasteiger partial charge is 0.382 e. The van der Waals surface area contributed by atoms with Gasteiger partial charge in [-0.15, -0.1) is 0 Å². The van der Waals surface area contributed by atoms with Crippen LogP contribution in [0.25, 0.3) is 0 Å². The standard InChI is InChI=1S/C10H16N4OS/c1-2-12-9(15)7-8(11)13-10(16-7)14-5-3-4-6-14/h2-6,11H2,1H3,(H,12,15). The lowest BCUT2D eigenvalue weighted by Gasteiger charge is -2.11. The van der Waals surface area contributed by atoms with Crippen LogP contribution in [0.2, 0.25) is 0 Å². The van der Waals surface area contributed by atoms with Gasteiger partial charge in [-0.2, -0.15) is 0 Å². The highest BCUT2D eigenvalue weighted by molar-refractivity contribution is 7.18. The van der Waals surface area contributed by atoms with Gasteiger partial charge in [0.2, 0.25) is 0 Å². The van der Waals surface area contributed by atoms with Crippen LogP contribution in [0.15, 0.2) is 0 Å². The smallest absolute Gasteiger partial charge is 0.265 e. The number of aromatic nitrogens is 1. The van der Waals surface area contributed by atoms with E-state index in [1.165, 1.54) is 24.2 Å². The number of carbonyl (C=O) groups excluding carboxylic acids is 1. The summed E-state index contributed by atoms with van der Waals surface area (Å²) in [6.07, 6.45) is 2.38. The number of nitrogens with two attached hydrogens (primary N) is 1. The van der Waals surface area contributed by atoms with E-state index in [4.69, 9.17) is 5.73 Å². The Labute approximate surface area is 98.7 Å². The van der Waals surface area contributed by atoms with E-state index in [2.05, 4.69) is 15.2 Å². The predicted molar refractivity (Wildman–Crippen MR) is 66.0 cm³/mol. The molecule has 3 N–H and O–H groups in total. The third kappa shape index (κ3) is 2.11. The first-order valence-corrected chi connectivity index (χ1v) is 6.33. The molecule has 0 spiro atoms. The van der Waals surface area contributed by atoms with E-state index in [9.17, 15) is 4.79 Å². The van der Waals surface area contributed by atoms with Crippen LogP contribution >= 0.6 is 11.3 Å². The Bertz CT molecular complexity index is 384. The summed E-state index contributed by atoms with van der Waals surface area (Å²) in [5.74, 6) is 0.223. The monoisotopic (exact) mass is 240 g/mol. The molecule has 1 saturated heterocycles. The summed E-state index contributed by atoms with van der Waals surface area (Å²) in [5.41, 5.74) is 5.75. The maximum absolute atomic E-state index is 11.7. The van der Waals surface area contributed by atoms with Crippen LogP contribution < -0.4 is 16.0 Å². The minimum absolute atomic E-state index is 0.122. The minimum atomic E-state index is -0.122. The molecule has 1 amide bonds. The van der Waals surface area contributed by atoms with Crippen LogP contribution in [0, 0.1) is 0 Å². The SMILES string of the molecule is CCNC(=O)c1sc(N2CCCC2)nc1N. The van der Waals surface area contributed by atoms with Gasteiger partial charge in [0.05, 0.1) is 0 Å². The van der Waals surface area contributed by atoms with Gasteiger partial charge in [-0.05, 0) is 19.8 Å². The third-order valence-electron chi connectivity index (χ3n) is 2.56. The third-order valence-corrected chi connectivity index (χ3v) is 3.69. The van der Waals surface area contributed by atoms with Crippen molar-refractivity contribution in [2.45, 2.75) is 19.8 Å². The molecule has 0 aromatic carbocycles. The van der Waals surface area contributed by atoms with Crippen LogP contribution in [0.1, 0.15) is 29.4 Å². The summed E-state index contributed by atoms with van der Waals surface area (Å²) in [7, 11) is 0. The van der Waals surface area contributed by atoms with Gasteiger partial charge >= 0.3 is 0 Å². The molecule has 6 heteroatoms. The molecule has 0 unspecified atom stereocenters. The van der Waals surface area contributed by atoms with Crippen molar-refractivity contribution >= 4 is 28.2 Å². The van der Waals surface area contributed by atoms with Gasteiger partial charge in [0.25, 0.3) is 5.91 Å². The molecule has 1 fully saturated rings. The Morgan fingerprint density at radius 2 is 2.25 bits per heavy atom. The van der Waals surface area contributed by atoms with Gasteiger partial charge in [-0.3, -0.25) is 4.79 Å². The summed E-state index contributed by atoms with van der Waals surface area (Å²) >= 11 is 1.38. The summed E-state index contributed by atoms with van der Waals surface area (Å²) in [6.45, 7) is 4.52. The molecule has 88 valence electrons. The Morgan fingerprint density at radius 1 is 1.56 bits per heavy atom. The van der Waals surface area contributed by atoms with Crippen molar-refractivity contribution in [1.82, 2.24) is 10.3 Å². The van der Waals surface area contributed by atoms with Gasteiger partial charge in [0.1, 0.15) is 10.7 Å². The van der Waals surface area contributed by atoms with E-state index in [0.717, 1.165) is 18.2 Å². The molecular weight excluding hydrogens is 224 g/mol. The second kappa shape index (κ2) is 4.69. The van der Waals surface area contributed by atoms with Crippen molar-refractivity contribution < 1.29 is 4.79 Å². The van der Waals surface area contributed by atoms with Crippen LogP contribution in [-0.4, -0.2) is 30.5 Å². The van der Waals surface area contributed by atoms with Gasteiger partial charge in [0.15, 0.2) is 5.13 Å². The van der Waals surface area contributed by atoms with Gasteiger partial charge in [-0.1, -0.05) is 11.3 Å². The number of thiazole rings is 1. The van der Waals surface area contributed by atoms with E-state index in [-0.39, 0.29) is 5.91 Å². The fourth-order valence-electron chi connectivity index (χ4n) is 1.77. The Balaban J connectivity index is 2.17. The van der Waals surface area contributed by atoms with Crippen LogP contribution in [0.5, 0.6) is 0 Å². The normalized spacial score (nSPS) is 15.4. The zero-order valence-electron chi connectivity index (χ0n) is 9.32. The van der Waals surface area contributed by atoms with Gasteiger partial charge in [0, 0.05) is 19.6 Å². The number of amides is 1. The molecule has 1 aliphatic heterocycles. The summed E-state index contributed by atoms with van der Waals surface area (Å²) in [5, 5.41) is 3.61. The van der Waals surface area contributed by atoms with Gasteiger partial charge in [-0.25, -0.2) is 4.98 Å². The van der Waals surface area contributed by atoms with Gasteiger partial charge < -0.3 is 16.0 Å². The highest BCUT2D eigenvalue weighted by Crippen LogP contribution is 2.30. The van der Waals surface area contributed by atoms with Crippen LogP contribution in [0.3, 0.4) is 0 Å². The number of nitrogens with one attached hydrogen (secondary N) is 1. The zero-order valence-corrected chi connectivity index (χ0v) is 10.1. The van der Waals surface area contributed by atoms with E-state index >= 15 is 0 Å². The van der Waals surface area contributed by atoms with Crippen molar-refractivity contribution in [2.75, 3.05) is 30.3 Å². The maximum atomic E-state index is 11.7. The van der Waals surface area contributed by atoms with Crippen molar-refractivity contribution in [3.8, 4) is 0 Å². The average Bonchev–Trinajstić information content (AvgIpc) is 2.86. The first kappa shape index (κ1) is 11.2. The number of anilines is 2. The van der Waals surface area contributed by atoms with Crippen LogP contribution in [0.4, 0.5) is 10.9 Å². The number of hydrogen-bond donors (Lipinski definition) is 2. The second-order valence-electron chi connectivity index (χ2n) is 3.76. The molecule has 1 aliphatic rings. The summed E-state index contributed by atoms with van der Waals surface area (Å²) in [6, 6.07) is 0. The van der Waals surface area contributed by atoms with Crippen molar-refractivity contribution in [1.29, 1.82) is 0 Å². The molecular formula is C10H16N4OS. The summed E-state index contributed by atoms with van der Waals surface area (Å²) in [4.78, 5) is 18.6. The highest BCUT2D eigenvalue weighted by Gasteiger charge is 2.21. The molecule has 0 saturated carbocycles. The number of nitrogen functional groups attached to an aromatic ring is 1. The molecule has 16 heavy (non-hydrogen) atoms. The Morgan fingerprint density at radius 3 is 2.88 bits per heavy atom. The first-order chi connectivity index (χ1) is 7.72. The number of nitrogens with zero attached hydrogens (tertiary/aromatic N) is 2. The van der Waals surface area contributed by atoms with Crippen molar-refractivity contribution in [3.05, 3.63) is 4.88 Å². The molecule has 0 radical (unpaired) electrons. The fraction of sp³-hybridized carbons (Fsp3) is 0.600. The Kier molecular flexibility index (Phi) is 3.28. The molecule has 0 aliphatic carbocycles. The number of carbonyl (C=O) groups is 1. The zero-order chi connectivity index (χ0) is 11.5. The average molecular weight is 240 g/mol. The minimum Gasteiger partial charge on any atom is -0.382 e. The highest BCUT2D eigenvalue weighted by atomic mass is 32.1. The quantitative estimate of drug-likeness (QED) is 0.829. The predicted octanol–water partition coefficient (Wildman–Crippen LogP) is 1.08. The molecule has 5 nitrogen and oxygen atoms in total. The molecule has 0 atom stereocenters. The number of hydrogen-bond acceptors (Lipinski definition) is 5. The lowest BCUT2D eigenvalue weighted by Crippen LogP contribution is -2.22. The summed E-state index contributed by atoms with van der Waals surface area (Å²) < 4.78 is 0. The lowest BCUT2D eigenvalue weighted by atomic mass is 10.4. The van der Waals surface area contributed by atoms with E-state index in [0.29, 0.717) is 17.2 Å².